The Bertz CT molecular complexity index is 1000. The zero-order chi connectivity index (χ0) is 19.0. The highest BCUT2D eigenvalue weighted by Gasteiger charge is 2.20. The third-order valence-electron chi connectivity index (χ3n) is 4.64. The van der Waals surface area contributed by atoms with Crippen molar-refractivity contribution in [3.63, 3.8) is 0 Å². The number of ether oxygens (including phenoxy) is 1. The molecular weight excluding hydrogens is 349 g/mol. The fourth-order valence-electron chi connectivity index (χ4n) is 3.18. The number of anilines is 1. The Morgan fingerprint density at radius 1 is 1.33 bits per heavy atom. The molecule has 3 heterocycles. The molecule has 3 aromatic rings. The van der Waals surface area contributed by atoms with Crippen molar-refractivity contribution in [2.24, 2.45) is 0 Å². The summed E-state index contributed by atoms with van der Waals surface area (Å²) in [5.74, 6) is 0.731. The van der Waals surface area contributed by atoms with Crippen molar-refractivity contribution < 1.29 is 13.9 Å². The predicted molar refractivity (Wildman–Crippen MR) is 98.5 cm³/mol. The third kappa shape index (κ3) is 3.30. The smallest absolute Gasteiger partial charge is 0.259 e. The zero-order valence-electron chi connectivity index (χ0n) is 15.1. The quantitative estimate of drug-likeness (QED) is 0.660. The first-order valence-corrected chi connectivity index (χ1v) is 8.81. The maximum atomic E-state index is 13.8. The monoisotopic (exact) mass is 369 g/mol. The summed E-state index contributed by atoms with van der Waals surface area (Å²) in [6, 6.07) is 6.01. The van der Waals surface area contributed by atoms with Crippen LogP contribution >= 0.6 is 0 Å². The summed E-state index contributed by atoms with van der Waals surface area (Å²) < 4.78 is 21.2. The summed E-state index contributed by atoms with van der Waals surface area (Å²) in [7, 11) is 1.74. The fraction of sp³-hybridized carbons (Fsp3) is 0.316. The number of hydrogen-bond acceptors (Lipinski definition) is 5. The Labute approximate surface area is 155 Å². The summed E-state index contributed by atoms with van der Waals surface area (Å²) in [5.41, 5.74) is 1.64. The topological polar surface area (TPSA) is 71.8 Å². The molecule has 1 atom stereocenters. The Balaban J connectivity index is 1.79. The van der Waals surface area contributed by atoms with Crippen LogP contribution in [0.15, 0.2) is 36.7 Å². The molecule has 0 unspecified atom stereocenters. The van der Waals surface area contributed by atoms with Crippen molar-refractivity contribution in [1.29, 1.82) is 0 Å². The number of amides is 1. The van der Waals surface area contributed by atoms with Gasteiger partial charge in [-0.2, -0.15) is 5.10 Å². The second kappa shape index (κ2) is 6.86. The molecule has 2 aromatic heterocycles. The molecule has 1 N–H and O–H groups in total. The molecule has 0 saturated carbocycles. The molecule has 1 aromatic carbocycles. The lowest BCUT2D eigenvalue weighted by molar-refractivity contribution is 0.0789. The molecule has 140 valence electrons. The summed E-state index contributed by atoms with van der Waals surface area (Å²) in [5, 5.41) is 7.46. The summed E-state index contributed by atoms with van der Waals surface area (Å²) >= 11 is 0. The number of benzene rings is 1. The van der Waals surface area contributed by atoms with E-state index in [9.17, 15) is 9.18 Å². The molecule has 27 heavy (non-hydrogen) atoms. The van der Waals surface area contributed by atoms with Crippen molar-refractivity contribution in [2.45, 2.75) is 19.4 Å². The standard InChI is InChI=1S/C19H20FN5O2/c1-12-14-10-13(20)4-5-16(14)27-9-3-7-24(2)19(26)15-11-21-25-8-6-17(22-12)23-18(15)25/h4-6,8,10-12H,3,7,9H2,1-2H3,(H,22,23)/t12-/m1/s1. The van der Waals surface area contributed by atoms with Gasteiger partial charge in [0, 0.05) is 25.4 Å². The average Bonchev–Trinajstić information content (AvgIpc) is 3.07. The molecule has 8 heteroatoms. The Kier molecular flexibility index (Phi) is 4.39. The normalized spacial score (nSPS) is 18.0. The molecular formula is C19H20FN5O2. The number of halogens is 1. The fourth-order valence-corrected chi connectivity index (χ4v) is 3.18. The lowest BCUT2D eigenvalue weighted by atomic mass is 10.1. The van der Waals surface area contributed by atoms with Crippen molar-refractivity contribution in [3.05, 3.63) is 53.6 Å². The molecule has 1 amide bonds. The Morgan fingerprint density at radius 2 is 2.19 bits per heavy atom. The number of nitrogens with zero attached hydrogens (tertiary/aromatic N) is 4. The number of carbonyl (C=O) groups excluding carboxylic acids is 1. The Hall–Kier alpha value is -3.16. The van der Waals surface area contributed by atoms with Crippen molar-refractivity contribution in [3.8, 4) is 5.75 Å². The molecule has 0 fully saturated rings. The number of carbonyl (C=O) groups is 1. The molecule has 0 spiro atoms. The Morgan fingerprint density at radius 3 is 3.04 bits per heavy atom. The van der Waals surface area contributed by atoms with E-state index in [0.29, 0.717) is 47.9 Å². The second-order valence-electron chi connectivity index (χ2n) is 6.62. The van der Waals surface area contributed by atoms with Gasteiger partial charge in [0.05, 0.1) is 18.8 Å². The van der Waals surface area contributed by atoms with E-state index in [2.05, 4.69) is 15.4 Å². The summed E-state index contributed by atoms with van der Waals surface area (Å²) in [6.45, 7) is 2.87. The first-order valence-electron chi connectivity index (χ1n) is 8.81. The molecule has 0 radical (unpaired) electrons. The van der Waals surface area contributed by atoms with E-state index < -0.39 is 0 Å². The van der Waals surface area contributed by atoms with Gasteiger partial charge in [0.15, 0.2) is 5.65 Å². The first kappa shape index (κ1) is 17.3. The van der Waals surface area contributed by atoms with E-state index in [1.54, 1.807) is 34.8 Å². The first-order chi connectivity index (χ1) is 13.0. The van der Waals surface area contributed by atoms with Crippen LogP contribution in [0, 0.1) is 5.82 Å². The van der Waals surface area contributed by atoms with Crippen LogP contribution in [0.2, 0.25) is 0 Å². The summed E-state index contributed by atoms with van der Waals surface area (Å²) in [4.78, 5) is 18.9. The average molecular weight is 369 g/mol. The van der Waals surface area contributed by atoms with Crippen LogP contribution in [0.3, 0.4) is 0 Å². The minimum atomic E-state index is -0.320. The SMILES string of the molecule is C[C@H]1Nc2ccn3ncc(c3n2)C(=O)N(C)CCCOc2ccc(F)cc21. The number of fused-ring (bicyclic) bond motifs is 2. The van der Waals surface area contributed by atoms with Gasteiger partial charge in [-0.3, -0.25) is 4.79 Å². The lowest BCUT2D eigenvalue weighted by Gasteiger charge is -2.21. The van der Waals surface area contributed by atoms with Crippen LogP contribution in [0.5, 0.6) is 5.75 Å². The van der Waals surface area contributed by atoms with E-state index in [0.717, 1.165) is 0 Å². The van der Waals surface area contributed by atoms with E-state index in [-0.39, 0.29) is 17.8 Å². The van der Waals surface area contributed by atoms with Gasteiger partial charge >= 0.3 is 0 Å². The van der Waals surface area contributed by atoms with E-state index in [1.165, 1.54) is 18.3 Å². The van der Waals surface area contributed by atoms with Crippen LogP contribution in [0.25, 0.3) is 5.65 Å². The highest BCUT2D eigenvalue weighted by atomic mass is 19.1. The highest BCUT2D eigenvalue weighted by molar-refractivity contribution is 5.99. The van der Waals surface area contributed by atoms with Gasteiger partial charge in [-0.05, 0) is 37.6 Å². The van der Waals surface area contributed by atoms with Crippen molar-refractivity contribution in [1.82, 2.24) is 19.5 Å². The van der Waals surface area contributed by atoms with Gasteiger partial charge in [-0.15, -0.1) is 0 Å². The maximum Gasteiger partial charge on any atom is 0.259 e. The predicted octanol–water partition coefficient (Wildman–Crippen LogP) is 2.90. The number of aromatic nitrogens is 3. The van der Waals surface area contributed by atoms with Crippen LogP contribution in [-0.2, 0) is 0 Å². The molecule has 0 aliphatic carbocycles. The van der Waals surface area contributed by atoms with E-state index in [1.807, 2.05) is 6.92 Å². The number of rotatable bonds is 0. The number of hydrogen-bond donors (Lipinski definition) is 1. The van der Waals surface area contributed by atoms with Gasteiger partial charge in [0.2, 0.25) is 0 Å². The molecule has 1 aliphatic rings. The van der Waals surface area contributed by atoms with Gasteiger partial charge in [0.1, 0.15) is 22.9 Å². The summed E-state index contributed by atoms with van der Waals surface area (Å²) in [6.07, 6.45) is 3.92. The van der Waals surface area contributed by atoms with E-state index >= 15 is 0 Å². The van der Waals surface area contributed by atoms with Gasteiger partial charge < -0.3 is 15.0 Å². The van der Waals surface area contributed by atoms with E-state index in [4.69, 9.17) is 4.74 Å². The van der Waals surface area contributed by atoms with Crippen LogP contribution in [0.1, 0.15) is 35.3 Å². The van der Waals surface area contributed by atoms with Crippen molar-refractivity contribution >= 4 is 17.4 Å². The molecule has 2 bridgehead atoms. The second-order valence-corrected chi connectivity index (χ2v) is 6.62. The minimum absolute atomic E-state index is 0.137. The van der Waals surface area contributed by atoms with Crippen molar-refractivity contribution in [2.75, 3.05) is 25.5 Å². The minimum Gasteiger partial charge on any atom is -0.493 e. The molecule has 7 nitrogen and oxygen atoms in total. The maximum absolute atomic E-state index is 13.8. The lowest BCUT2D eigenvalue weighted by Crippen LogP contribution is -2.29. The van der Waals surface area contributed by atoms with Gasteiger partial charge in [0.25, 0.3) is 5.91 Å². The molecule has 1 aliphatic heterocycles. The zero-order valence-corrected chi connectivity index (χ0v) is 15.1. The number of nitrogens with one attached hydrogen (secondary N) is 1. The van der Waals surface area contributed by atoms with Gasteiger partial charge in [-0.1, -0.05) is 0 Å². The van der Waals surface area contributed by atoms with Gasteiger partial charge in [-0.25, -0.2) is 13.9 Å². The highest BCUT2D eigenvalue weighted by Crippen LogP contribution is 2.29. The third-order valence-corrected chi connectivity index (χ3v) is 4.64. The molecule has 4 rings (SSSR count). The van der Waals surface area contributed by atoms with Crippen LogP contribution < -0.4 is 10.1 Å². The van der Waals surface area contributed by atoms with Crippen LogP contribution in [-0.4, -0.2) is 45.6 Å². The largest absolute Gasteiger partial charge is 0.493 e. The molecule has 0 saturated heterocycles. The van der Waals surface area contributed by atoms with Crippen LogP contribution in [0.4, 0.5) is 10.2 Å².